The van der Waals surface area contributed by atoms with Crippen molar-refractivity contribution in [2.24, 2.45) is 0 Å². The third-order valence-corrected chi connectivity index (χ3v) is 5.53. The fourth-order valence-corrected chi connectivity index (χ4v) is 3.75. The van der Waals surface area contributed by atoms with Gasteiger partial charge in [0.1, 0.15) is 11.6 Å². The highest BCUT2D eigenvalue weighted by Crippen LogP contribution is 2.43. The molecule has 1 aliphatic rings. The average Bonchev–Trinajstić information content (AvgIpc) is 3.01. The second kappa shape index (κ2) is 7.76. The quantitative estimate of drug-likeness (QED) is 0.349. The highest BCUT2D eigenvalue weighted by atomic mass is 35.5. The van der Waals surface area contributed by atoms with Crippen LogP contribution >= 0.6 is 11.6 Å². The molecule has 6 heteroatoms. The van der Waals surface area contributed by atoms with E-state index in [0.717, 1.165) is 5.56 Å². The lowest BCUT2D eigenvalue weighted by molar-refractivity contribution is -0.132. The summed E-state index contributed by atoms with van der Waals surface area (Å²) in [5.41, 5.74) is 1.43. The van der Waals surface area contributed by atoms with Crippen LogP contribution in [0.3, 0.4) is 0 Å². The maximum Gasteiger partial charge on any atom is 0.300 e. The van der Waals surface area contributed by atoms with E-state index in [1.807, 2.05) is 6.92 Å². The molecule has 1 saturated heterocycles. The van der Waals surface area contributed by atoms with Crippen molar-refractivity contribution < 1.29 is 19.1 Å². The SMILES string of the molecule is Cc1ccc(N2C(=O)C(=O)/C(=C(/O)c3ccccc3)[C@H]2c2ccccc2F)cc1Cl. The Bertz CT molecular complexity index is 1190. The van der Waals surface area contributed by atoms with Crippen LogP contribution < -0.4 is 4.90 Å². The molecule has 3 aromatic rings. The Morgan fingerprint density at radius 3 is 2.33 bits per heavy atom. The molecule has 0 aromatic heterocycles. The second-order valence-electron chi connectivity index (χ2n) is 6.99. The summed E-state index contributed by atoms with van der Waals surface area (Å²) in [4.78, 5) is 27.2. The van der Waals surface area contributed by atoms with Gasteiger partial charge in [0.05, 0.1) is 11.6 Å². The summed E-state index contributed by atoms with van der Waals surface area (Å²) in [5.74, 6) is -2.70. The molecule has 0 saturated carbocycles. The first-order valence-corrected chi connectivity index (χ1v) is 9.65. The number of ketones is 1. The van der Waals surface area contributed by atoms with Gasteiger partial charge in [0.15, 0.2) is 0 Å². The van der Waals surface area contributed by atoms with Gasteiger partial charge in [-0.1, -0.05) is 66.2 Å². The van der Waals surface area contributed by atoms with Crippen LogP contribution in [0.15, 0.2) is 78.4 Å². The van der Waals surface area contributed by atoms with Gasteiger partial charge in [-0.2, -0.15) is 0 Å². The summed E-state index contributed by atoms with van der Waals surface area (Å²) < 4.78 is 14.8. The number of carbonyl (C=O) groups excluding carboxylic acids is 2. The smallest absolute Gasteiger partial charge is 0.300 e. The molecule has 0 bridgehead atoms. The van der Waals surface area contributed by atoms with E-state index in [0.29, 0.717) is 16.3 Å². The minimum absolute atomic E-state index is 0.103. The Hall–Kier alpha value is -3.44. The molecule has 0 aliphatic carbocycles. The Morgan fingerprint density at radius 2 is 1.67 bits per heavy atom. The summed E-state index contributed by atoms with van der Waals surface area (Å²) in [6, 6.07) is 18.0. The number of hydrogen-bond acceptors (Lipinski definition) is 3. The molecule has 4 rings (SSSR count). The molecule has 0 unspecified atom stereocenters. The lowest BCUT2D eigenvalue weighted by atomic mass is 9.94. The largest absolute Gasteiger partial charge is 0.507 e. The van der Waals surface area contributed by atoms with E-state index in [1.54, 1.807) is 54.6 Å². The average molecular weight is 422 g/mol. The van der Waals surface area contributed by atoms with Gasteiger partial charge in [-0.15, -0.1) is 0 Å². The first-order chi connectivity index (χ1) is 14.4. The van der Waals surface area contributed by atoms with Crippen LogP contribution in [-0.2, 0) is 9.59 Å². The molecule has 0 radical (unpaired) electrons. The highest BCUT2D eigenvalue weighted by Gasteiger charge is 2.47. The van der Waals surface area contributed by atoms with Crippen molar-refractivity contribution in [3.63, 3.8) is 0 Å². The standard InChI is InChI=1S/C24H17ClFNO3/c1-14-11-12-16(13-18(14)25)27-21(17-9-5-6-10-19(17)26)20(23(29)24(27)30)22(28)15-7-3-2-4-8-15/h2-13,21,28H,1H3/b22-20+/t21-/m1/s1. The van der Waals surface area contributed by atoms with Crippen LogP contribution in [0.4, 0.5) is 10.1 Å². The summed E-state index contributed by atoms with van der Waals surface area (Å²) in [6.45, 7) is 1.81. The number of benzene rings is 3. The van der Waals surface area contributed by atoms with E-state index in [-0.39, 0.29) is 16.9 Å². The third kappa shape index (κ3) is 3.27. The Labute approximate surface area is 177 Å². The van der Waals surface area contributed by atoms with Gasteiger partial charge in [-0.05, 0) is 30.7 Å². The number of carbonyl (C=O) groups is 2. The molecule has 1 amide bonds. The number of hydrogen-bond donors (Lipinski definition) is 1. The van der Waals surface area contributed by atoms with E-state index >= 15 is 0 Å². The van der Waals surface area contributed by atoms with Crippen LogP contribution in [0.25, 0.3) is 5.76 Å². The summed E-state index contributed by atoms with van der Waals surface area (Å²) in [6.07, 6.45) is 0. The zero-order chi connectivity index (χ0) is 21.4. The number of aliphatic hydroxyl groups is 1. The van der Waals surface area contributed by atoms with Crippen LogP contribution in [-0.4, -0.2) is 16.8 Å². The third-order valence-electron chi connectivity index (χ3n) is 5.13. The molecule has 1 N–H and O–H groups in total. The van der Waals surface area contributed by atoms with Gasteiger partial charge in [-0.25, -0.2) is 4.39 Å². The molecule has 4 nitrogen and oxygen atoms in total. The normalized spacial score (nSPS) is 18.1. The van der Waals surface area contributed by atoms with Gasteiger partial charge >= 0.3 is 0 Å². The number of Topliss-reactive ketones (excluding diaryl/α,β-unsaturated/α-hetero) is 1. The van der Waals surface area contributed by atoms with E-state index in [9.17, 15) is 19.1 Å². The summed E-state index contributed by atoms with van der Waals surface area (Å²) >= 11 is 6.24. The molecule has 1 fully saturated rings. The molecular weight excluding hydrogens is 405 g/mol. The van der Waals surface area contributed by atoms with Gasteiger partial charge in [0.2, 0.25) is 0 Å². The number of amides is 1. The molecule has 3 aromatic carbocycles. The fraction of sp³-hybridized carbons (Fsp3) is 0.0833. The monoisotopic (exact) mass is 421 g/mol. The van der Waals surface area contributed by atoms with Crippen LogP contribution in [0.5, 0.6) is 0 Å². The Morgan fingerprint density at radius 1 is 1.00 bits per heavy atom. The lowest BCUT2D eigenvalue weighted by Crippen LogP contribution is -2.29. The minimum Gasteiger partial charge on any atom is -0.507 e. The second-order valence-corrected chi connectivity index (χ2v) is 7.40. The van der Waals surface area contributed by atoms with Crippen molar-refractivity contribution in [1.29, 1.82) is 0 Å². The molecule has 30 heavy (non-hydrogen) atoms. The maximum absolute atomic E-state index is 14.8. The molecule has 0 spiro atoms. The van der Waals surface area contributed by atoms with E-state index in [1.165, 1.54) is 23.1 Å². The van der Waals surface area contributed by atoms with Gasteiger partial charge in [-0.3, -0.25) is 14.5 Å². The molecular formula is C24H17ClFNO3. The van der Waals surface area contributed by atoms with Crippen molar-refractivity contribution in [1.82, 2.24) is 0 Å². The minimum atomic E-state index is -1.13. The Balaban J connectivity index is 1.99. The number of nitrogens with zero attached hydrogens (tertiary/aromatic N) is 1. The van der Waals surface area contributed by atoms with Crippen LogP contribution in [0.1, 0.15) is 22.7 Å². The van der Waals surface area contributed by atoms with Crippen molar-refractivity contribution in [3.05, 3.63) is 106 Å². The summed E-state index contributed by atoms with van der Waals surface area (Å²) in [5, 5.41) is 11.3. The first kappa shape index (κ1) is 19.9. The topological polar surface area (TPSA) is 57.6 Å². The number of anilines is 1. The fourth-order valence-electron chi connectivity index (χ4n) is 3.57. The predicted octanol–water partition coefficient (Wildman–Crippen LogP) is 5.41. The van der Waals surface area contributed by atoms with Crippen molar-refractivity contribution in [2.75, 3.05) is 4.90 Å². The number of aliphatic hydroxyl groups excluding tert-OH is 1. The van der Waals surface area contributed by atoms with E-state index in [2.05, 4.69) is 0 Å². The van der Waals surface area contributed by atoms with Gasteiger partial charge < -0.3 is 5.11 Å². The molecule has 1 atom stereocenters. The van der Waals surface area contributed by atoms with Crippen molar-refractivity contribution in [3.8, 4) is 0 Å². The predicted molar refractivity (Wildman–Crippen MR) is 114 cm³/mol. The van der Waals surface area contributed by atoms with E-state index < -0.39 is 23.5 Å². The molecule has 1 aliphatic heterocycles. The first-order valence-electron chi connectivity index (χ1n) is 9.27. The number of rotatable bonds is 3. The van der Waals surface area contributed by atoms with E-state index in [4.69, 9.17) is 11.6 Å². The number of aryl methyl sites for hydroxylation is 1. The van der Waals surface area contributed by atoms with Crippen molar-refractivity contribution >= 4 is 34.7 Å². The zero-order valence-corrected chi connectivity index (χ0v) is 16.7. The lowest BCUT2D eigenvalue weighted by Gasteiger charge is -2.26. The number of halogens is 2. The zero-order valence-electron chi connectivity index (χ0n) is 16.0. The maximum atomic E-state index is 14.8. The van der Waals surface area contributed by atoms with Gasteiger partial charge in [0.25, 0.3) is 11.7 Å². The highest BCUT2D eigenvalue weighted by molar-refractivity contribution is 6.51. The Kier molecular flexibility index (Phi) is 5.14. The molecule has 150 valence electrons. The van der Waals surface area contributed by atoms with Gasteiger partial charge in [0, 0.05) is 21.8 Å². The van der Waals surface area contributed by atoms with Crippen LogP contribution in [0.2, 0.25) is 5.02 Å². The molecule has 1 heterocycles. The van der Waals surface area contributed by atoms with Crippen molar-refractivity contribution in [2.45, 2.75) is 13.0 Å². The summed E-state index contributed by atoms with van der Waals surface area (Å²) in [7, 11) is 0. The van der Waals surface area contributed by atoms with Crippen LogP contribution in [0, 0.1) is 12.7 Å².